The fourth-order valence-electron chi connectivity index (χ4n) is 1.64. The second kappa shape index (κ2) is 6.71. The molecule has 0 aromatic rings. The molecule has 0 radical (unpaired) electrons. The molecule has 0 saturated carbocycles. The number of carbonyl (C=O) groups is 1. The number of rotatable bonds is 5. The predicted molar refractivity (Wildman–Crippen MR) is 58.6 cm³/mol. The van der Waals surface area contributed by atoms with Crippen molar-refractivity contribution in [2.24, 2.45) is 17.8 Å². The molecule has 1 amide bonds. The Morgan fingerprint density at radius 1 is 1.18 bits per heavy atom. The van der Waals surface area contributed by atoms with Crippen molar-refractivity contribution < 1.29 is 22.7 Å². The van der Waals surface area contributed by atoms with Gasteiger partial charge in [-0.25, -0.2) is 4.79 Å². The van der Waals surface area contributed by atoms with Crippen molar-refractivity contribution >= 4 is 6.09 Å². The molecule has 0 fully saturated rings. The van der Waals surface area contributed by atoms with Gasteiger partial charge in [0.2, 0.25) is 0 Å². The van der Waals surface area contributed by atoms with E-state index in [-0.39, 0.29) is 5.92 Å². The average Bonchev–Trinajstić information content (AvgIpc) is 2.12. The van der Waals surface area contributed by atoms with Crippen molar-refractivity contribution in [3.8, 4) is 0 Å². The molecule has 0 aliphatic heterocycles. The Morgan fingerprint density at radius 3 is 2.00 bits per heavy atom. The van der Waals surface area contributed by atoms with Gasteiger partial charge in [0.1, 0.15) is 0 Å². The zero-order valence-corrected chi connectivity index (χ0v) is 10.6. The zero-order valence-electron chi connectivity index (χ0n) is 10.6. The molecule has 0 heterocycles. The first-order valence-corrected chi connectivity index (χ1v) is 5.61. The molecular formula is C11H20F3NO2. The van der Waals surface area contributed by atoms with Gasteiger partial charge in [-0.2, -0.15) is 13.2 Å². The second-order valence-electron chi connectivity index (χ2n) is 4.72. The molecule has 102 valence electrons. The van der Waals surface area contributed by atoms with Crippen LogP contribution in [0.15, 0.2) is 0 Å². The van der Waals surface area contributed by atoms with E-state index in [4.69, 9.17) is 0 Å². The smallest absolute Gasteiger partial charge is 0.422 e. The van der Waals surface area contributed by atoms with E-state index >= 15 is 0 Å². The van der Waals surface area contributed by atoms with Crippen LogP contribution in [-0.4, -0.2) is 25.4 Å². The molecule has 0 spiro atoms. The highest BCUT2D eigenvalue weighted by Crippen LogP contribution is 2.19. The summed E-state index contributed by atoms with van der Waals surface area (Å²) >= 11 is 0. The average molecular weight is 255 g/mol. The Hall–Kier alpha value is -0.940. The van der Waals surface area contributed by atoms with Gasteiger partial charge in [0.15, 0.2) is 6.61 Å². The third-order valence-corrected chi connectivity index (χ3v) is 2.56. The second-order valence-corrected chi connectivity index (χ2v) is 4.72. The van der Waals surface area contributed by atoms with Crippen LogP contribution in [0.3, 0.4) is 0 Å². The summed E-state index contributed by atoms with van der Waals surface area (Å²) in [6, 6.07) is 0. The molecule has 0 rings (SSSR count). The lowest BCUT2D eigenvalue weighted by atomic mass is 9.85. The highest BCUT2D eigenvalue weighted by molar-refractivity contribution is 5.67. The third kappa shape index (κ3) is 7.88. The maximum absolute atomic E-state index is 11.8. The molecule has 0 unspecified atom stereocenters. The number of hydrogen-bond acceptors (Lipinski definition) is 2. The Labute approximate surface area is 99.7 Å². The minimum Gasteiger partial charge on any atom is -0.440 e. The van der Waals surface area contributed by atoms with Gasteiger partial charge in [0.05, 0.1) is 0 Å². The quantitative estimate of drug-likeness (QED) is 0.819. The molecule has 6 heteroatoms. The van der Waals surface area contributed by atoms with Crippen LogP contribution in [-0.2, 0) is 4.74 Å². The molecule has 3 nitrogen and oxygen atoms in total. The fraction of sp³-hybridized carbons (Fsp3) is 0.909. The molecule has 0 bridgehead atoms. The maximum Gasteiger partial charge on any atom is 0.422 e. The molecule has 0 aliphatic rings. The van der Waals surface area contributed by atoms with Crippen molar-refractivity contribution in [1.82, 2.24) is 5.32 Å². The van der Waals surface area contributed by atoms with E-state index in [9.17, 15) is 18.0 Å². The van der Waals surface area contributed by atoms with Crippen molar-refractivity contribution in [2.45, 2.75) is 33.9 Å². The third-order valence-electron chi connectivity index (χ3n) is 2.56. The Kier molecular flexibility index (Phi) is 6.34. The normalized spacial score (nSPS) is 12.4. The van der Waals surface area contributed by atoms with Crippen molar-refractivity contribution in [3.05, 3.63) is 0 Å². The minimum absolute atomic E-state index is 0.216. The summed E-state index contributed by atoms with van der Waals surface area (Å²) in [7, 11) is 0. The van der Waals surface area contributed by atoms with Crippen LogP contribution in [0.25, 0.3) is 0 Å². The van der Waals surface area contributed by atoms with E-state index in [1.165, 1.54) is 0 Å². The van der Waals surface area contributed by atoms with E-state index in [0.717, 1.165) is 0 Å². The molecule has 0 aromatic heterocycles. The van der Waals surface area contributed by atoms with Gasteiger partial charge >= 0.3 is 12.3 Å². The van der Waals surface area contributed by atoms with Gasteiger partial charge in [-0.1, -0.05) is 27.7 Å². The summed E-state index contributed by atoms with van der Waals surface area (Å²) in [5.74, 6) is 0.907. The van der Waals surface area contributed by atoms with E-state index in [2.05, 4.69) is 10.1 Å². The fourth-order valence-corrected chi connectivity index (χ4v) is 1.64. The number of carbonyl (C=O) groups excluding carboxylic acids is 1. The number of halogens is 3. The molecule has 17 heavy (non-hydrogen) atoms. The zero-order chi connectivity index (χ0) is 13.6. The Balaban J connectivity index is 3.97. The van der Waals surface area contributed by atoms with Crippen LogP contribution >= 0.6 is 0 Å². The van der Waals surface area contributed by atoms with E-state index in [0.29, 0.717) is 18.4 Å². The predicted octanol–water partition coefficient (Wildman–Crippen LogP) is 3.20. The summed E-state index contributed by atoms with van der Waals surface area (Å²) in [5, 5.41) is 2.36. The Morgan fingerprint density at radius 2 is 1.65 bits per heavy atom. The molecule has 0 aromatic carbocycles. The summed E-state index contributed by atoms with van der Waals surface area (Å²) in [4.78, 5) is 11.0. The summed E-state index contributed by atoms with van der Waals surface area (Å²) in [5.41, 5.74) is 0. The summed E-state index contributed by atoms with van der Waals surface area (Å²) < 4.78 is 39.3. The Bertz CT molecular complexity index is 231. The van der Waals surface area contributed by atoms with Crippen LogP contribution in [0.5, 0.6) is 0 Å². The summed E-state index contributed by atoms with van der Waals surface area (Å²) in [6.07, 6.45) is -5.50. The van der Waals surface area contributed by atoms with E-state index in [1.807, 2.05) is 27.7 Å². The van der Waals surface area contributed by atoms with E-state index in [1.54, 1.807) is 0 Å². The molecular weight excluding hydrogens is 235 g/mol. The standard InChI is InChI=1S/C11H20F3NO2/c1-7(2)9(8(3)4)5-15-10(16)17-6-11(12,13)14/h7-9H,5-6H2,1-4H3,(H,15,16). The van der Waals surface area contributed by atoms with Crippen molar-refractivity contribution in [1.29, 1.82) is 0 Å². The number of amides is 1. The first-order valence-electron chi connectivity index (χ1n) is 5.61. The highest BCUT2D eigenvalue weighted by Gasteiger charge is 2.29. The number of alkyl halides is 3. The molecule has 0 atom stereocenters. The summed E-state index contributed by atoms with van der Waals surface area (Å²) in [6.45, 7) is 6.81. The monoisotopic (exact) mass is 255 g/mol. The highest BCUT2D eigenvalue weighted by atomic mass is 19.4. The van der Waals surface area contributed by atoms with E-state index < -0.39 is 18.9 Å². The SMILES string of the molecule is CC(C)C(CNC(=O)OCC(F)(F)F)C(C)C. The van der Waals surface area contributed by atoms with Crippen LogP contribution < -0.4 is 5.32 Å². The van der Waals surface area contributed by atoms with Crippen molar-refractivity contribution in [2.75, 3.05) is 13.2 Å². The van der Waals surface area contributed by atoms with Gasteiger partial charge in [-0.05, 0) is 17.8 Å². The number of nitrogens with one attached hydrogen (secondary N) is 1. The van der Waals surface area contributed by atoms with Gasteiger partial charge in [-0.15, -0.1) is 0 Å². The number of alkyl carbamates (subject to hydrolysis) is 1. The lowest BCUT2D eigenvalue weighted by Crippen LogP contribution is -2.35. The first kappa shape index (κ1) is 16.1. The van der Waals surface area contributed by atoms with Crippen LogP contribution in [0, 0.1) is 17.8 Å². The number of hydrogen-bond donors (Lipinski definition) is 1. The minimum atomic E-state index is -4.48. The number of ether oxygens (including phenoxy) is 1. The first-order chi connectivity index (χ1) is 7.63. The van der Waals surface area contributed by atoms with Crippen molar-refractivity contribution in [3.63, 3.8) is 0 Å². The van der Waals surface area contributed by atoms with Crippen LogP contribution in [0.2, 0.25) is 0 Å². The lowest BCUT2D eigenvalue weighted by Gasteiger charge is -2.24. The molecule has 0 saturated heterocycles. The van der Waals surface area contributed by atoms with Gasteiger partial charge in [0.25, 0.3) is 0 Å². The molecule has 1 N–H and O–H groups in total. The van der Waals surface area contributed by atoms with Gasteiger partial charge in [-0.3, -0.25) is 0 Å². The van der Waals surface area contributed by atoms with Crippen LogP contribution in [0.4, 0.5) is 18.0 Å². The van der Waals surface area contributed by atoms with Gasteiger partial charge < -0.3 is 10.1 Å². The lowest BCUT2D eigenvalue weighted by molar-refractivity contribution is -0.160. The molecule has 0 aliphatic carbocycles. The topological polar surface area (TPSA) is 38.3 Å². The maximum atomic E-state index is 11.8. The van der Waals surface area contributed by atoms with Crippen LogP contribution in [0.1, 0.15) is 27.7 Å². The largest absolute Gasteiger partial charge is 0.440 e. The van der Waals surface area contributed by atoms with Gasteiger partial charge in [0, 0.05) is 6.54 Å².